The van der Waals surface area contributed by atoms with Crippen LogP contribution in [-0.4, -0.2) is 23.1 Å². The Morgan fingerprint density at radius 1 is 1.60 bits per heavy atom. The standard InChI is InChI=1S/C10H12N3S.Y/c1-7-8-6-10(14)13(5-3-11)9(8)2-4-12-7;/h2,4,11H,3,5-6H2,1H3;/q-1;. The Bertz CT molecular complexity index is 381. The van der Waals surface area contributed by atoms with Crippen molar-refractivity contribution in [1.82, 2.24) is 4.98 Å². The molecule has 2 rings (SSSR count). The van der Waals surface area contributed by atoms with E-state index in [1.54, 1.807) is 6.20 Å². The van der Waals surface area contributed by atoms with E-state index in [1.165, 1.54) is 5.56 Å². The van der Waals surface area contributed by atoms with Gasteiger partial charge in [-0.05, 0) is 13.0 Å². The van der Waals surface area contributed by atoms with Gasteiger partial charge in [-0.25, -0.2) is 0 Å². The fourth-order valence-corrected chi connectivity index (χ4v) is 2.13. The van der Waals surface area contributed by atoms with Crippen LogP contribution in [0.2, 0.25) is 0 Å². The Hall–Kier alpha value is 0.104. The Kier molecular flexibility index (Phi) is 4.77. The molecule has 1 aliphatic rings. The van der Waals surface area contributed by atoms with E-state index in [1.807, 2.05) is 17.9 Å². The summed E-state index contributed by atoms with van der Waals surface area (Å²) in [5.74, 6) is 0. The zero-order valence-electron chi connectivity index (χ0n) is 8.66. The molecule has 2 heterocycles. The molecule has 0 spiro atoms. The zero-order chi connectivity index (χ0) is 10.1. The fourth-order valence-electron chi connectivity index (χ4n) is 1.79. The van der Waals surface area contributed by atoms with E-state index >= 15 is 0 Å². The van der Waals surface area contributed by atoms with E-state index in [0.717, 1.165) is 22.8 Å². The maximum absolute atomic E-state index is 7.24. The molecular formula is C10H12N3SY-. The van der Waals surface area contributed by atoms with Gasteiger partial charge in [-0.3, -0.25) is 4.98 Å². The van der Waals surface area contributed by atoms with Crippen molar-refractivity contribution in [2.24, 2.45) is 0 Å². The van der Waals surface area contributed by atoms with Gasteiger partial charge in [0.1, 0.15) is 0 Å². The number of fused-ring (bicyclic) bond motifs is 1. The van der Waals surface area contributed by atoms with Crippen LogP contribution >= 0.6 is 12.2 Å². The van der Waals surface area contributed by atoms with E-state index in [4.69, 9.17) is 18.0 Å². The Balaban J connectivity index is 0.00000112. The van der Waals surface area contributed by atoms with E-state index in [-0.39, 0.29) is 32.7 Å². The van der Waals surface area contributed by atoms with Crippen LogP contribution in [0.3, 0.4) is 0 Å². The van der Waals surface area contributed by atoms with Gasteiger partial charge in [-0.15, -0.1) is 6.54 Å². The zero-order valence-corrected chi connectivity index (χ0v) is 12.3. The molecule has 0 saturated heterocycles. The van der Waals surface area contributed by atoms with Gasteiger partial charge in [0.05, 0.1) is 4.99 Å². The fraction of sp³-hybridized carbons (Fsp3) is 0.400. The first kappa shape index (κ1) is 13.2. The summed E-state index contributed by atoms with van der Waals surface area (Å²) in [6.07, 6.45) is 2.61. The maximum atomic E-state index is 7.24. The first-order valence-corrected chi connectivity index (χ1v) is 5.04. The third kappa shape index (κ3) is 2.44. The van der Waals surface area contributed by atoms with Crippen molar-refractivity contribution in [3.05, 3.63) is 29.3 Å². The molecule has 0 aromatic carbocycles. The molecule has 0 unspecified atom stereocenters. The first-order valence-electron chi connectivity index (χ1n) is 4.63. The molecule has 0 atom stereocenters. The van der Waals surface area contributed by atoms with Crippen molar-refractivity contribution < 1.29 is 32.7 Å². The summed E-state index contributed by atoms with van der Waals surface area (Å²) in [5.41, 5.74) is 10.7. The van der Waals surface area contributed by atoms with Gasteiger partial charge in [0, 0.05) is 68.8 Å². The van der Waals surface area contributed by atoms with E-state index in [2.05, 4.69) is 4.98 Å². The summed E-state index contributed by atoms with van der Waals surface area (Å²) in [6.45, 7) is 3.07. The Labute approximate surface area is 120 Å². The minimum absolute atomic E-state index is 0. The summed E-state index contributed by atoms with van der Waals surface area (Å²) >= 11 is 5.29. The minimum atomic E-state index is 0. The number of hydrogen-bond donors (Lipinski definition) is 0. The minimum Gasteiger partial charge on any atom is -0.676 e. The molecule has 1 aromatic rings. The van der Waals surface area contributed by atoms with Gasteiger partial charge >= 0.3 is 0 Å². The van der Waals surface area contributed by atoms with Gasteiger partial charge in [-0.2, -0.15) is 0 Å². The molecular weight excluding hydrogens is 283 g/mol. The van der Waals surface area contributed by atoms with Crippen molar-refractivity contribution in [1.29, 1.82) is 0 Å². The van der Waals surface area contributed by atoms with Crippen molar-refractivity contribution in [2.45, 2.75) is 13.3 Å². The predicted octanol–water partition coefficient (Wildman–Crippen LogP) is 2.13. The molecule has 5 heteroatoms. The van der Waals surface area contributed by atoms with Crippen LogP contribution < -0.4 is 4.90 Å². The van der Waals surface area contributed by atoms with Crippen molar-refractivity contribution in [3.63, 3.8) is 0 Å². The van der Waals surface area contributed by atoms with Gasteiger partial charge in [-0.1, -0.05) is 12.2 Å². The number of anilines is 1. The number of rotatable bonds is 2. The number of thiocarbonyl (C=S) groups is 1. The van der Waals surface area contributed by atoms with Crippen molar-refractivity contribution in [2.75, 3.05) is 18.0 Å². The number of pyridine rings is 1. The molecule has 1 N–H and O–H groups in total. The first-order chi connectivity index (χ1) is 6.74. The monoisotopic (exact) mass is 295 g/mol. The second kappa shape index (κ2) is 5.44. The van der Waals surface area contributed by atoms with Crippen LogP contribution in [-0.2, 0) is 39.1 Å². The van der Waals surface area contributed by atoms with Crippen LogP contribution in [0.5, 0.6) is 0 Å². The molecule has 77 valence electrons. The molecule has 1 radical (unpaired) electrons. The van der Waals surface area contributed by atoms with Gasteiger partial charge in [0.15, 0.2) is 0 Å². The van der Waals surface area contributed by atoms with E-state index < -0.39 is 0 Å². The third-order valence-corrected chi connectivity index (χ3v) is 2.87. The number of hydrogen-bond acceptors (Lipinski definition) is 2. The second-order valence-corrected chi connectivity index (χ2v) is 3.84. The third-order valence-electron chi connectivity index (χ3n) is 2.50. The van der Waals surface area contributed by atoms with Crippen LogP contribution in [0.1, 0.15) is 11.3 Å². The SMILES string of the molecule is Cc1nccc2c1CC(=S)N2CC[NH-].[Y]. The summed E-state index contributed by atoms with van der Waals surface area (Å²) < 4.78 is 0. The molecule has 0 saturated carbocycles. The Morgan fingerprint density at radius 2 is 2.33 bits per heavy atom. The quantitative estimate of drug-likeness (QED) is 0.785. The van der Waals surface area contributed by atoms with E-state index in [9.17, 15) is 0 Å². The van der Waals surface area contributed by atoms with Crippen molar-refractivity contribution in [3.8, 4) is 0 Å². The molecule has 15 heavy (non-hydrogen) atoms. The normalized spacial score (nSPS) is 13.7. The van der Waals surface area contributed by atoms with Crippen LogP contribution in [0.4, 0.5) is 5.69 Å². The molecule has 1 aliphatic heterocycles. The molecule has 0 bridgehead atoms. The summed E-state index contributed by atoms with van der Waals surface area (Å²) in [6, 6.07) is 1.98. The molecule has 0 fully saturated rings. The van der Waals surface area contributed by atoms with Gasteiger partial charge in [0.2, 0.25) is 0 Å². The van der Waals surface area contributed by atoms with Crippen molar-refractivity contribution >= 4 is 22.9 Å². The number of aryl methyl sites for hydroxylation is 1. The molecule has 1 aromatic heterocycles. The molecule has 0 amide bonds. The number of nitrogens with zero attached hydrogens (tertiary/aromatic N) is 2. The summed E-state index contributed by atoms with van der Waals surface area (Å²) in [5, 5.41) is 0. The van der Waals surface area contributed by atoms with Gasteiger partial charge < -0.3 is 10.6 Å². The van der Waals surface area contributed by atoms with Gasteiger partial charge in [0.25, 0.3) is 0 Å². The average Bonchev–Trinajstić information content (AvgIpc) is 2.47. The largest absolute Gasteiger partial charge is 0.676 e. The summed E-state index contributed by atoms with van der Waals surface area (Å²) in [7, 11) is 0. The maximum Gasteiger partial charge on any atom is 0.0869 e. The topological polar surface area (TPSA) is 39.9 Å². The Morgan fingerprint density at radius 3 is 3.00 bits per heavy atom. The van der Waals surface area contributed by atoms with Crippen LogP contribution in [0, 0.1) is 6.92 Å². The summed E-state index contributed by atoms with van der Waals surface area (Å²) in [4.78, 5) is 7.21. The average molecular weight is 295 g/mol. The van der Waals surface area contributed by atoms with Crippen LogP contribution in [0.15, 0.2) is 12.3 Å². The van der Waals surface area contributed by atoms with E-state index in [0.29, 0.717) is 13.1 Å². The molecule has 3 nitrogen and oxygen atoms in total. The van der Waals surface area contributed by atoms with Crippen LogP contribution in [0.25, 0.3) is 5.73 Å². The number of nitrogens with one attached hydrogen (secondary N) is 1. The predicted molar refractivity (Wildman–Crippen MR) is 61.8 cm³/mol. The smallest absolute Gasteiger partial charge is 0.0869 e. The number of aromatic nitrogens is 1. The second-order valence-electron chi connectivity index (χ2n) is 3.37. The molecule has 0 aliphatic carbocycles.